The summed E-state index contributed by atoms with van der Waals surface area (Å²) in [6.45, 7) is 1.68. The molecular formula is C16H13Cl3F3N3O2S. The molecule has 0 fully saturated rings. The van der Waals surface area contributed by atoms with E-state index in [0.29, 0.717) is 15.7 Å². The third-order valence-electron chi connectivity index (χ3n) is 3.42. The Morgan fingerprint density at radius 3 is 2.25 bits per heavy atom. The second-order valence-electron chi connectivity index (χ2n) is 5.39. The topological polar surface area (TPSA) is 70.6 Å². The first-order valence-corrected chi connectivity index (χ1v) is 10.2. The normalized spacial score (nSPS) is 12.8. The van der Waals surface area contributed by atoms with Crippen molar-refractivity contribution < 1.29 is 21.6 Å². The first-order valence-electron chi connectivity index (χ1n) is 7.61. The highest BCUT2D eigenvalue weighted by Crippen LogP contribution is 2.30. The summed E-state index contributed by atoms with van der Waals surface area (Å²) in [5.41, 5.74) is -2.45. The first-order chi connectivity index (χ1) is 12.9. The third kappa shape index (κ3) is 5.44. The number of hydrazone groups is 1. The van der Waals surface area contributed by atoms with Crippen LogP contribution in [0.25, 0.3) is 0 Å². The summed E-state index contributed by atoms with van der Waals surface area (Å²) in [6.07, 6.45) is 0.242. The predicted octanol–water partition coefficient (Wildman–Crippen LogP) is 6.13. The highest BCUT2D eigenvalue weighted by molar-refractivity contribution is 7.93. The summed E-state index contributed by atoms with van der Waals surface area (Å²) in [5.74, 6) is 0. The predicted molar refractivity (Wildman–Crippen MR) is 107 cm³/mol. The Bertz CT molecular complexity index is 1010. The van der Waals surface area contributed by atoms with Crippen LogP contribution in [0, 0.1) is 0 Å². The molecule has 2 aromatic rings. The van der Waals surface area contributed by atoms with Crippen molar-refractivity contribution in [1.29, 1.82) is 0 Å². The fraction of sp³-hybridized carbons (Fsp3) is 0.188. The number of halogens is 6. The smallest absolute Gasteiger partial charge is 0.277 e. The molecule has 0 amide bonds. The molecule has 0 heterocycles. The van der Waals surface area contributed by atoms with Gasteiger partial charge in [0.15, 0.2) is 0 Å². The van der Waals surface area contributed by atoms with Gasteiger partial charge in [-0.2, -0.15) is 26.7 Å². The molecular weight excluding hydrogens is 462 g/mol. The number of sulfonamides is 1. The summed E-state index contributed by atoms with van der Waals surface area (Å²) < 4.78 is 62.6. The van der Waals surface area contributed by atoms with Crippen LogP contribution < -0.4 is 10.1 Å². The van der Waals surface area contributed by atoms with Crippen molar-refractivity contribution in [1.82, 2.24) is 0 Å². The van der Waals surface area contributed by atoms with Crippen LogP contribution in [0.2, 0.25) is 15.1 Å². The Morgan fingerprint density at radius 1 is 1.04 bits per heavy atom. The second-order valence-corrected chi connectivity index (χ2v) is 8.34. The summed E-state index contributed by atoms with van der Waals surface area (Å²) in [4.78, 5) is 0. The van der Waals surface area contributed by atoms with Gasteiger partial charge in [0.1, 0.15) is 0 Å². The molecule has 0 bridgehead atoms. The van der Waals surface area contributed by atoms with Crippen LogP contribution in [0.5, 0.6) is 0 Å². The minimum atomic E-state index is -5.61. The molecule has 0 atom stereocenters. The molecule has 0 unspecified atom stereocenters. The van der Waals surface area contributed by atoms with E-state index in [4.69, 9.17) is 34.8 Å². The van der Waals surface area contributed by atoms with Gasteiger partial charge in [-0.05, 0) is 42.8 Å². The van der Waals surface area contributed by atoms with Crippen molar-refractivity contribution in [3.05, 3.63) is 57.0 Å². The van der Waals surface area contributed by atoms with Crippen LogP contribution in [0.3, 0.4) is 0 Å². The molecule has 0 spiro atoms. The minimum absolute atomic E-state index is 0.0773. The average Bonchev–Trinajstić information content (AvgIpc) is 2.59. The van der Waals surface area contributed by atoms with E-state index in [1.807, 2.05) is 0 Å². The van der Waals surface area contributed by atoms with E-state index in [9.17, 15) is 21.6 Å². The van der Waals surface area contributed by atoms with Gasteiger partial charge >= 0.3 is 15.5 Å². The number of anilines is 2. The van der Waals surface area contributed by atoms with E-state index in [1.54, 1.807) is 13.0 Å². The minimum Gasteiger partial charge on any atom is -0.277 e. The van der Waals surface area contributed by atoms with Crippen LogP contribution in [0.15, 0.2) is 41.5 Å². The molecule has 0 aliphatic rings. The van der Waals surface area contributed by atoms with Crippen molar-refractivity contribution in [3.8, 4) is 0 Å². The van der Waals surface area contributed by atoms with Crippen molar-refractivity contribution in [2.75, 3.05) is 10.1 Å². The van der Waals surface area contributed by atoms with Gasteiger partial charge in [-0.15, -0.1) is 0 Å². The van der Waals surface area contributed by atoms with Crippen LogP contribution in [0.4, 0.5) is 24.5 Å². The molecule has 5 nitrogen and oxygen atoms in total. The zero-order chi connectivity index (χ0) is 21.1. The van der Waals surface area contributed by atoms with Gasteiger partial charge in [0.05, 0.1) is 22.1 Å². The number of hydrogen-bond acceptors (Lipinski definition) is 4. The van der Waals surface area contributed by atoms with E-state index in [0.717, 1.165) is 6.07 Å². The van der Waals surface area contributed by atoms with Crippen LogP contribution in [0.1, 0.15) is 18.9 Å². The molecule has 0 aliphatic carbocycles. The highest BCUT2D eigenvalue weighted by Gasteiger charge is 2.46. The maximum absolute atomic E-state index is 12.7. The van der Waals surface area contributed by atoms with E-state index >= 15 is 0 Å². The number of nitrogens with zero attached hydrogens (tertiary/aromatic N) is 1. The average molecular weight is 475 g/mol. The second kappa shape index (κ2) is 8.77. The van der Waals surface area contributed by atoms with Crippen molar-refractivity contribution >= 4 is 61.9 Å². The lowest BCUT2D eigenvalue weighted by molar-refractivity contribution is -0.0429. The number of rotatable bonds is 6. The van der Waals surface area contributed by atoms with Crippen LogP contribution in [-0.4, -0.2) is 19.6 Å². The summed E-state index contributed by atoms with van der Waals surface area (Å²) in [5, 5.41) is 5.02. The van der Waals surface area contributed by atoms with Gasteiger partial charge in [-0.3, -0.25) is 10.1 Å². The molecule has 0 saturated heterocycles. The maximum atomic E-state index is 12.7. The lowest BCUT2D eigenvalue weighted by Gasteiger charge is -2.15. The lowest BCUT2D eigenvalue weighted by atomic mass is 10.1. The lowest BCUT2D eigenvalue weighted by Crippen LogP contribution is -2.30. The molecule has 2 aromatic carbocycles. The first kappa shape index (κ1) is 22.6. The largest absolute Gasteiger partial charge is 0.516 e. The summed E-state index contributed by atoms with van der Waals surface area (Å²) in [6, 6.07) is 8.30. The Balaban J connectivity index is 2.46. The summed E-state index contributed by atoms with van der Waals surface area (Å²) in [7, 11) is -5.61. The van der Waals surface area contributed by atoms with E-state index in [-0.39, 0.29) is 28.4 Å². The zero-order valence-corrected chi connectivity index (χ0v) is 17.2. The molecule has 2 rings (SSSR count). The SMILES string of the molecule is CC/C(=N\Nc1cc(Cl)ccc1Cl)c1cc(Cl)ccc1NS(=O)(=O)C(F)(F)F. The molecule has 12 heteroatoms. The molecule has 28 heavy (non-hydrogen) atoms. The Morgan fingerprint density at radius 2 is 1.64 bits per heavy atom. The van der Waals surface area contributed by atoms with Crippen molar-refractivity contribution in [2.45, 2.75) is 18.9 Å². The number of alkyl halides is 3. The summed E-state index contributed by atoms with van der Waals surface area (Å²) >= 11 is 17.9. The fourth-order valence-electron chi connectivity index (χ4n) is 2.09. The van der Waals surface area contributed by atoms with Crippen LogP contribution in [-0.2, 0) is 10.0 Å². The zero-order valence-electron chi connectivity index (χ0n) is 14.1. The van der Waals surface area contributed by atoms with Gasteiger partial charge < -0.3 is 0 Å². The Hall–Kier alpha value is -1.68. The number of hydrogen-bond donors (Lipinski definition) is 2. The highest BCUT2D eigenvalue weighted by atomic mass is 35.5. The number of benzene rings is 2. The molecule has 0 aromatic heterocycles. The van der Waals surface area contributed by atoms with Gasteiger partial charge in [0, 0.05) is 15.6 Å². The molecule has 152 valence electrons. The molecule has 0 saturated carbocycles. The van der Waals surface area contributed by atoms with Gasteiger partial charge in [0.25, 0.3) is 0 Å². The monoisotopic (exact) mass is 473 g/mol. The fourth-order valence-corrected chi connectivity index (χ4v) is 3.17. The van der Waals surface area contributed by atoms with Crippen molar-refractivity contribution in [2.24, 2.45) is 5.10 Å². The van der Waals surface area contributed by atoms with Gasteiger partial charge in [-0.1, -0.05) is 41.7 Å². The Kier molecular flexibility index (Phi) is 7.08. The maximum Gasteiger partial charge on any atom is 0.516 e. The van der Waals surface area contributed by atoms with Gasteiger partial charge in [0.2, 0.25) is 0 Å². The molecule has 2 N–H and O–H groups in total. The van der Waals surface area contributed by atoms with Crippen molar-refractivity contribution in [3.63, 3.8) is 0 Å². The third-order valence-corrected chi connectivity index (χ3v) is 5.31. The van der Waals surface area contributed by atoms with Crippen LogP contribution >= 0.6 is 34.8 Å². The quantitative estimate of drug-likeness (QED) is 0.390. The van der Waals surface area contributed by atoms with E-state index in [2.05, 4.69) is 10.5 Å². The van der Waals surface area contributed by atoms with E-state index in [1.165, 1.54) is 29.0 Å². The van der Waals surface area contributed by atoms with Gasteiger partial charge in [-0.25, -0.2) is 0 Å². The van der Waals surface area contributed by atoms with E-state index < -0.39 is 15.5 Å². The molecule has 0 radical (unpaired) electrons. The number of nitrogens with one attached hydrogen (secondary N) is 2. The Labute approximate surface area is 174 Å². The standard InChI is InChI=1S/C16H13Cl3F3N3O2S/c1-2-13(23-24-15-8-10(18)3-5-12(15)19)11-7-9(17)4-6-14(11)25-28(26,27)16(20,21)22/h3-8,24-25H,2H2,1H3/b23-13+. The molecule has 0 aliphatic heterocycles.